The molecule has 0 radical (unpaired) electrons. The number of amides is 1. The van der Waals surface area contributed by atoms with Gasteiger partial charge in [-0.05, 0) is 30.4 Å². The van der Waals surface area contributed by atoms with Gasteiger partial charge in [0.1, 0.15) is 0 Å². The Hall–Kier alpha value is -1.90. The normalized spacial score (nSPS) is 24.4. The Balaban J connectivity index is 1.69. The summed E-state index contributed by atoms with van der Waals surface area (Å²) in [6.07, 6.45) is 2.43. The number of nitrogens with zero attached hydrogens (tertiary/aromatic N) is 4. The Morgan fingerprint density at radius 3 is 2.79 bits per heavy atom. The molecule has 5 heteroatoms. The number of benzene rings is 1. The lowest BCUT2D eigenvalue weighted by molar-refractivity contribution is -0.130. The van der Waals surface area contributed by atoms with Gasteiger partial charge in [-0.15, -0.1) is 0 Å². The first-order chi connectivity index (χ1) is 11.6. The van der Waals surface area contributed by atoms with Crippen molar-refractivity contribution < 1.29 is 4.79 Å². The van der Waals surface area contributed by atoms with E-state index < -0.39 is 0 Å². The lowest BCUT2D eigenvalue weighted by atomic mass is 9.94. The maximum atomic E-state index is 12.0. The molecule has 0 aliphatic carbocycles. The number of likely N-dealkylation sites (N-methyl/N-ethyl adjacent to an activating group) is 1. The van der Waals surface area contributed by atoms with Gasteiger partial charge in [0.25, 0.3) is 0 Å². The highest BCUT2D eigenvalue weighted by atomic mass is 16.2. The van der Waals surface area contributed by atoms with Crippen LogP contribution in [0.5, 0.6) is 0 Å². The van der Waals surface area contributed by atoms with Gasteiger partial charge in [0.2, 0.25) is 5.91 Å². The van der Waals surface area contributed by atoms with E-state index in [1.165, 1.54) is 12.8 Å². The van der Waals surface area contributed by atoms with Crippen molar-refractivity contribution in [3.8, 4) is 6.07 Å². The lowest BCUT2D eigenvalue weighted by Gasteiger charge is -2.36. The van der Waals surface area contributed by atoms with Crippen LogP contribution in [0.25, 0.3) is 0 Å². The molecule has 0 spiro atoms. The van der Waals surface area contributed by atoms with E-state index >= 15 is 0 Å². The van der Waals surface area contributed by atoms with Gasteiger partial charge in [0.05, 0.1) is 18.2 Å². The van der Waals surface area contributed by atoms with Gasteiger partial charge >= 0.3 is 0 Å². The molecular formula is C19H26N4O. The van der Waals surface area contributed by atoms with Crippen LogP contribution in [-0.4, -0.2) is 66.9 Å². The molecule has 3 saturated heterocycles. The van der Waals surface area contributed by atoms with Crippen molar-refractivity contribution >= 4 is 5.91 Å². The number of carbonyl (C=O) groups is 1. The highest BCUT2D eigenvalue weighted by Crippen LogP contribution is 2.29. The molecule has 0 saturated carbocycles. The van der Waals surface area contributed by atoms with E-state index in [2.05, 4.69) is 21.9 Å². The molecule has 3 fully saturated rings. The summed E-state index contributed by atoms with van der Waals surface area (Å²) in [7, 11) is 3.64. The summed E-state index contributed by atoms with van der Waals surface area (Å²) < 4.78 is 0. The summed E-state index contributed by atoms with van der Waals surface area (Å²) in [5.41, 5.74) is 1.89. The number of hydrogen-bond donors (Lipinski definition) is 0. The third kappa shape index (κ3) is 3.77. The topological polar surface area (TPSA) is 50.6 Å². The molecule has 3 aliphatic rings. The van der Waals surface area contributed by atoms with Gasteiger partial charge in [-0.25, -0.2) is 0 Å². The number of piperidine rings is 1. The van der Waals surface area contributed by atoms with Crippen LogP contribution in [-0.2, 0) is 11.3 Å². The molecule has 0 aromatic heterocycles. The van der Waals surface area contributed by atoms with E-state index in [-0.39, 0.29) is 5.91 Å². The molecule has 24 heavy (non-hydrogen) atoms. The maximum absolute atomic E-state index is 12.0. The van der Waals surface area contributed by atoms with Gasteiger partial charge in [-0.1, -0.05) is 18.2 Å². The zero-order valence-electron chi connectivity index (χ0n) is 14.6. The van der Waals surface area contributed by atoms with Crippen molar-refractivity contribution in [2.45, 2.75) is 25.4 Å². The molecule has 2 bridgehead atoms. The second-order valence-corrected chi connectivity index (χ2v) is 7.28. The summed E-state index contributed by atoms with van der Waals surface area (Å²) in [5.74, 6) is 0.797. The lowest BCUT2D eigenvalue weighted by Crippen LogP contribution is -2.44. The van der Waals surface area contributed by atoms with Crippen LogP contribution in [0.4, 0.5) is 0 Å². The van der Waals surface area contributed by atoms with E-state index in [1.807, 2.05) is 32.3 Å². The molecule has 5 nitrogen and oxygen atoms in total. The summed E-state index contributed by atoms with van der Waals surface area (Å²) in [6, 6.07) is 10.7. The van der Waals surface area contributed by atoms with Crippen molar-refractivity contribution in [3.05, 3.63) is 35.4 Å². The Morgan fingerprint density at radius 2 is 2.04 bits per heavy atom. The summed E-state index contributed by atoms with van der Waals surface area (Å²) >= 11 is 0. The molecule has 0 N–H and O–H groups in total. The zero-order chi connectivity index (χ0) is 17.1. The van der Waals surface area contributed by atoms with E-state index in [1.54, 1.807) is 4.90 Å². The molecule has 2 atom stereocenters. The first kappa shape index (κ1) is 16.9. The zero-order valence-corrected chi connectivity index (χ0v) is 14.6. The fraction of sp³-hybridized carbons (Fsp3) is 0.579. The van der Waals surface area contributed by atoms with Crippen molar-refractivity contribution in [1.29, 1.82) is 5.26 Å². The summed E-state index contributed by atoms with van der Waals surface area (Å²) in [6.45, 7) is 4.37. The minimum atomic E-state index is 0.178. The number of nitriles is 1. The average molecular weight is 326 g/mol. The SMILES string of the molecule is CN(C)C(=O)CN1C[C@@H]2CC[C@H](C1)N(Cc1ccccc1C#N)C2. The third-order valence-electron chi connectivity index (χ3n) is 5.27. The Labute approximate surface area is 144 Å². The molecular weight excluding hydrogens is 300 g/mol. The Bertz CT molecular complexity index is 636. The average Bonchev–Trinajstić information content (AvgIpc) is 2.85. The van der Waals surface area contributed by atoms with Gasteiger partial charge in [-0.2, -0.15) is 5.26 Å². The third-order valence-corrected chi connectivity index (χ3v) is 5.27. The summed E-state index contributed by atoms with van der Waals surface area (Å²) in [5, 5.41) is 9.31. The molecule has 0 unspecified atom stereocenters. The molecule has 3 aliphatic heterocycles. The van der Waals surface area contributed by atoms with Gasteiger partial charge < -0.3 is 4.90 Å². The van der Waals surface area contributed by atoms with Gasteiger partial charge in [-0.3, -0.25) is 14.6 Å². The molecule has 128 valence electrons. The van der Waals surface area contributed by atoms with Crippen LogP contribution in [0.3, 0.4) is 0 Å². The van der Waals surface area contributed by atoms with Gasteiger partial charge in [0.15, 0.2) is 0 Å². The van der Waals surface area contributed by atoms with E-state index in [0.717, 1.165) is 37.3 Å². The molecule has 4 rings (SSSR count). The number of fused-ring (bicyclic) bond motifs is 4. The fourth-order valence-corrected chi connectivity index (χ4v) is 3.92. The number of hydrogen-bond acceptors (Lipinski definition) is 4. The van der Waals surface area contributed by atoms with Crippen molar-refractivity contribution in [2.24, 2.45) is 5.92 Å². The molecule has 1 aromatic rings. The molecule has 1 aromatic carbocycles. The van der Waals surface area contributed by atoms with Crippen LogP contribution >= 0.6 is 0 Å². The highest BCUT2D eigenvalue weighted by molar-refractivity contribution is 5.77. The minimum absolute atomic E-state index is 0.178. The van der Waals surface area contributed by atoms with Crippen molar-refractivity contribution in [2.75, 3.05) is 40.3 Å². The van der Waals surface area contributed by atoms with Crippen LogP contribution in [0.1, 0.15) is 24.0 Å². The van der Waals surface area contributed by atoms with Crippen LogP contribution in [0.15, 0.2) is 24.3 Å². The second kappa shape index (κ2) is 7.33. The predicted octanol–water partition coefficient (Wildman–Crippen LogP) is 1.54. The van der Waals surface area contributed by atoms with Crippen molar-refractivity contribution in [1.82, 2.24) is 14.7 Å². The monoisotopic (exact) mass is 326 g/mol. The van der Waals surface area contributed by atoms with E-state index in [9.17, 15) is 10.1 Å². The largest absolute Gasteiger partial charge is 0.348 e. The highest BCUT2D eigenvalue weighted by Gasteiger charge is 2.35. The Morgan fingerprint density at radius 1 is 1.25 bits per heavy atom. The van der Waals surface area contributed by atoms with Crippen LogP contribution in [0.2, 0.25) is 0 Å². The number of carbonyl (C=O) groups excluding carboxylic acids is 1. The van der Waals surface area contributed by atoms with E-state index in [0.29, 0.717) is 18.5 Å². The van der Waals surface area contributed by atoms with Crippen molar-refractivity contribution in [3.63, 3.8) is 0 Å². The first-order valence-electron chi connectivity index (χ1n) is 8.71. The van der Waals surface area contributed by atoms with Crippen LogP contribution < -0.4 is 0 Å². The predicted molar refractivity (Wildman–Crippen MR) is 93.2 cm³/mol. The summed E-state index contributed by atoms with van der Waals surface area (Å²) in [4.78, 5) is 18.6. The standard InChI is InChI=1S/C19H26N4O/c1-21(2)19(24)14-22-10-15-7-8-18(13-22)23(11-15)12-17-6-4-3-5-16(17)9-20/h3-6,15,18H,7-8,10-14H2,1-2H3/t15-,18+/m0/s1. The fourth-order valence-electron chi connectivity index (χ4n) is 3.92. The van der Waals surface area contributed by atoms with Crippen LogP contribution in [0, 0.1) is 17.2 Å². The minimum Gasteiger partial charge on any atom is -0.348 e. The first-order valence-corrected chi connectivity index (χ1v) is 8.71. The Kier molecular flexibility index (Phi) is 5.17. The quantitative estimate of drug-likeness (QED) is 0.842. The number of rotatable bonds is 4. The second-order valence-electron chi connectivity index (χ2n) is 7.28. The maximum Gasteiger partial charge on any atom is 0.236 e. The van der Waals surface area contributed by atoms with E-state index in [4.69, 9.17) is 0 Å². The molecule has 1 amide bonds. The van der Waals surface area contributed by atoms with Gasteiger partial charge in [0, 0.05) is 46.3 Å². The smallest absolute Gasteiger partial charge is 0.236 e. The molecule has 3 heterocycles.